The zero-order chi connectivity index (χ0) is 14.0. The fourth-order valence-corrected chi connectivity index (χ4v) is 2.65. The van der Waals surface area contributed by atoms with Gasteiger partial charge >= 0.3 is 0 Å². The minimum Gasteiger partial charge on any atom is -0.388 e. The van der Waals surface area contributed by atoms with E-state index >= 15 is 0 Å². The second-order valence-corrected chi connectivity index (χ2v) is 5.32. The Balaban J connectivity index is 2.22. The van der Waals surface area contributed by atoms with E-state index in [0.29, 0.717) is 22.0 Å². The van der Waals surface area contributed by atoms with Crippen LogP contribution in [-0.4, -0.2) is 14.9 Å². The van der Waals surface area contributed by atoms with Gasteiger partial charge in [-0.3, -0.25) is 4.68 Å². The topological polar surface area (TPSA) is 38.0 Å². The molecule has 0 bridgehead atoms. The number of nitrogens with zero attached hydrogens (tertiary/aromatic N) is 2. The van der Waals surface area contributed by atoms with Crippen LogP contribution in [0.1, 0.15) is 30.0 Å². The molecule has 0 aliphatic rings. The van der Waals surface area contributed by atoms with Gasteiger partial charge in [-0.05, 0) is 37.6 Å². The molecular weight excluding hydrogens is 283 g/mol. The second kappa shape index (κ2) is 5.95. The zero-order valence-electron chi connectivity index (χ0n) is 10.9. The highest BCUT2D eigenvalue weighted by Gasteiger charge is 2.15. The Morgan fingerprint density at radius 2 is 2.05 bits per heavy atom. The summed E-state index contributed by atoms with van der Waals surface area (Å²) >= 11 is 12.0. The molecule has 0 radical (unpaired) electrons. The number of aromatic nitrogens is 2. The van der Waals surface area contributed by atoms with E-state index in [1.807, 2.05) is 24.6 Å². The second-order valence-electron chi connectivity index (χ2n) is 4.48. The molecule has 1 aromatic carbocycles. The monoisotopic (exact) mass is 298 g/mol. The van der Waals surface area contributed by atoms with Crippen molar-refractivity contribution in [1.29, 1.82) is 0 Å². The fraction of sp³-hybridized carbons (Fsp3) is 0.357. The predicted molar refractivity (Wildman–Crippen MR) is 77.8 cm³/mol. The van der Waals surface area contributed by atoms with Crippen LogP contribution in [0.2, 0.25) is 10.0 Å². The van der Waals surface area contributed by atoms with E-state index in [2.05, 4.69) is 5.10 Å². The van der Waals surface area contributed by atoms with Gasteiger partial charge in [0.15, 0.2) is 0 Å². The number of hydrogen-bond donors (Lipinski definition) is 1. The van der Waals surface area contributed by atoms with Crippen molar-refractivity contribution in [2.24, 2.45) is 0 Å². The van der Waals surface area contributed by atoms with E-state index in [1.165, 1.54) is 0 Å². The summed E-state index contributed by atoms with van der Waals surface area (Å²) in [4.78, 5) is 0. The molecule has 1 aromatic heterocycles. The molecule has 19 heavy (non-hydrogen) atoms. The maximum absolute atomic E-state index is 10.3. The van der Waals surface area contributed by atoms with Crippen LogP contribution in [0, 0.1) is 6.92 Å². The SMILES string of the molecule is CCn1nc(C)cc1CC(O)c1ccc(Cl)cc1Cl. The molecule has 0 saturated carbocycles. The molecule has 0 saturated heterocycles. The number of aryl methyl sites for hydroxylation is 2. The molecule has 5 heteroatoms. The molecule has 0 aliphatic heterocycles. The third-order valence-corrected chi connectivity index (χ3v) is 3.57. The van der Waals surface area contributed by atoms with Gasteiger partial charge in [0.05, 0.1) is 11.8 Å². The maximum Gasteiger partial charge on any atom is 0.0859 e. The molecule has 0 spiro atoms. The molecular formula is C14H16Cl2N2O. The molecule has 1 unspecified atom stereocenters. The van der Waals surface area contributed by atoms with Crippen LogP contribution in [0.3, 0.4) is 0 Å². The van der Waals surface area contributed by atoms with Gasteiger partial charge in [-0.15, -0.1) is 0 Å². The molecule has 1 heterocycles. The van der Waals surface area contributed by atoms with Gasteiger partial charge in [-0.1, -0.05) is 29.3 Å². The lowest BCUT2D eigenvalue weighted by Crippen LogP contribution is -2.08. The Kier molecular flexibility index (Phi) is 4.50. The predicted octanol–water partition coefficient (Wildman–Crippen LogP) is 3.79. The molecule has 2 rings (SSSR count). The summed E-state index contributed by atoms with van der Waals surface area (Å²) < 4.78 is 1.89. The van der Waals surface area contributed by atoms with E-state index in [-0.39, 0.29) is 0 Å². The summed E-state index contributed by atoms with van der Waals surface area (Å²) in [5.41, 5.74) is 2.64. The lowest BCUT2D eigenvalue weighted by molar-refractivity contribution is 0.175. The summed E-state index contributed by atoms with van der Waals surface area (Å²) in [6.45, 7) is 4.75. The van der Waals surface area contributed by atoms with Crippen molar-refractivity contribution >= 4 is 23.2 Å². The number of aliphatic hydroxyl groups is 1. The van der Waals surface area contributed by atoms with Crippen LogP contribution in [0.15, 0.2) is 24.3 Å². The lowest BCUT2D eigenvalue weighted by atomic mass is 10.0. The Labute approximate surface area is 122 Å². The molecule has 0 amide bonds. The van der Waals surface area contributed by atoms with Gasteiger partial charge in [0.1, 0.15) is 0 Å². The average molecular weight is 299 g/mol. The molecule has 0 fully saturated rings. The van der Waals surface area contributed by atoms with E-state index in [1.54, 1.807) is 18.2 Å². The van der Waals surface area contributed by atoms with Gasteiger partial charge in [-0.25, -0.2) is 0 Å². The molecule has 1 atom stereocenters. The van der Waals surface area contributed by atoms with Gasteiger partial charge in [0, 0.05) is 28.7 Å². The highest BCUT2D eigenvalue weighted by molar-refractivity contribution is 6.35. The minimum atomic E-state index is -0.661. The average Bonchev–Trinajstić information content (AvgIpc) is 2.69. The quantitative estimate of drug-likeness (QED) is 0.932. The largest absolute Gasteiger partial charge is 0.388 e. The molecule has 0 aliphatic carbocycles. The van der Waals surface area contributed by atoms with Crippen molar-refractivity contribution in [3.8, 4) is 0 Å². The van der Waals surface area contributed by atoms with E-state index in [4.69, 9.17) is 23.2 Å². The first-order valence-corrected chi connectivity index (χ1v) is 6.93. The third kappa shape index (κ3) is 3.30. The van der Waals surface area contributed by atoms with Crippen molar-refractivity contribution in [3.05, 3.63) is 51.3 Å². The minimum absolute atomic E-state index is 0.482. The van der Waals surface area contributed by atoms with Crippen molar-refractivity contribution in [3.63, 3.8) is 0 Å². The van der Waals surface area contributed by atoms with Gasteiger partial charge < -0.3 is 5.11 Å². The standard InChI is InChI=1S/C14H16Cl2N2O/c1-3-18-11(6-9(2)17-18)8-14(19)12-5-4-10(15)7-13(12)16/h4-7,14,19H,3,8H2,1-2H3. The number of halogens is 2. The van der Waals surface area contributed by atoms with E-state index in [9.17, 15) is 5.11 Å². The summed E-state index contributed by atoms with van der Waals surface area (Å²) in [6, 6.07) is 7.11. The Bertz CT molecular complexity index is 581. The molecule has 102 valence electrons. The van der Waals surface area contributed by atoms with Crippen LogP contribution in [0.5, 0.6) is 0 Å². The van der Waals surface area contributed by atoms with E-state index < -0.39 is 6.10 Å². The van der Waals surface area contributed by atoms with Crippen LogP contribution >= 0.6 is 23.2 Å². The van der Waals surface area contributed by atoms with Crippen molar-refractivity contribution in [1.82, 2.24) is 9.78 Å². The highest BCUT2D eigenvalue weighted by Crippen LogP contribution is 2.28. The lowest BCUT2D eigenvalue weighted by Gasteiger charge is -2.13. The third-order valence-electron chi connectivity index (χ3n) is 3.01. The summed E-state index contributed by atoms with van der Waals surface area (Å²) in [6.07, 6.45) is -0.179. The van der Waals surface area contributed by atoms with Crippen LogP contribution < -0.4 is 0 Å². The normalized spacial score (nSPS) is 12.7. The first kappa shape index (κ1) is 14.4. The van der Waals surface area contributed by atoms with Crippen LogP contribution in [0.4, 0.5) is 0 Å². The molecule has 1 N–H and O–H groups in total. The first-order valence-electron chi connectivity index (χ1n) is 6.17. The van der Waals surface area contributed by atoms with Crippen molar-refractivity contribution in [2.75, 3.05) is 0 Å². The summed E-state index contributed by atoms with van der Waals surface area (Å²) in [5, 5.41) is 15.7. The molecule has 2 aromatic rings. The Morgan fingerprint density at radius 3 is 2.68 bits per heavy atom. The summed E-state index contributed by atoms with van der Waals surface area (Å²) in [7, 11) is 0. The fourth-order valence-electron chi connectivity index (χ4n) is 2.12. The number of hydrogen-bond acceptors (Lipinski definition) is 2. The maximum atomic E-state index is 10.3. The van der Waals surface area contributed by atoms with Gasteiger partial charge in [-0.2, -0.15) is 5.10 Å². The Hall–Kier alpha value is -1.03. The number of benzene rings is 1. The smallest absolute Gasteiger partial charge is 0.0859 e. The zero-order valence-corrected chi connectivity index (χ0v) is 12.4. The molecule has 3 nitrogen and oxygen atoms in total. The Morgan fingerprint density at radius 1 is 1.32 bits per heavy atom. The van der Waals surface area contributed by atoms with E-state index in [0.717, 1.165) is 17.9 Å². The van der Waals surface area contributed by atoms with Crippen LogP contribution in [-0.2, 0) is 13.0 Å². The van der Waals surface area contributed by atoms with Gasteiger partial charge in [0.2, 0.25) is 0 Å². The number of aliphatic hydroxyl groups excluding tert-OH is 1. The van der Waals surface area contributed by atoms with Crippen molar-refractivity contribution < 1.29 is 5.11 Å². The van der Waals surface area contributed by atoms with Crippen LogP contribution in [0.25, 0.3) is 0 Å². The van der Waals surface area contributed by atoms with Gasteiger partial charge in [0.25, 0.3) is 0 Å². The first-order chi connectivity index (χ1) is 9.01. The highest BCUT2D eigenvalue weighted by atomic mass is 35.5. The number of rotatable bonds is 4. The summed E-state index contributed by atoms with van der Waals surface area (Å²) in [5.74, 6) is 0. The van der Waals surface area contributed by atoms with Crippen molar-refractivity contribution in [2.45, 2.75) is 32.9 Å².